The Labute approximate surface area is 222 Å². The first-order chi connectivity index (χ1) is 17.9. The number of hydrogen-bond donors (Lipinski definition) is 2. The number of carbonyl (C=O) groups excluding carboxylic acids is 4. The molecule has 4 amide bonds. The third-order valence-corrected chi connectivity index (χ3v) is 6.81. The molecule has 3 atom stereocenters. The third kappa shape index (κ3) is 4.39. The van der Waals surface area contributed by atoms with Crippen LogP contribution < -0.4 is 20.4 Å². The Balaban J connectivity index is 1.63. The summed E-state index contributed by atoms with van der Waals surface area (Å²) < 4.78 is 0. The Hall–Kier alpha value is -4.35. The summed E-state index contributed by atoms with van der Waals surface area (Å²) in [6.45, 7) is 0. The van der Waals surface area contributed by atoms with Crippen LogP contribution in [0.5, 0.6) is 0 Å². The van der Waals surface area contributed by atoms with Crippen molar-refractivity contribution >= 4 is 69.7 Å². The second kappa shape index (κ2) is 9.96. The lowest BCUT2D eigenvalue weighted by Gasteiger charge is -2.41. The van der Waals surface area contributed by atoms with E-state index < -0.39 is 41.4 Å². The largest absolute Gasteiger partial charge is 0.302 e. The zero-order valence-corrected chi connectivity index (χ0v) is 20.7. The van der Waals surface area contributed by atoms with E-state index in [0.717, 1.165) is 0 Å². The summed E-state index contributed by atoms with van der Waals surface area (Å²) in [5.41, 5.74) is 1.31. The molecule has 2 N–H and O–H groups in total. The van der Waals surface area contributed by atoms with Crippen molar-refractivity contribution < 1.29 is 19.2 Å². The number of benzene rings is 2. The molecule has 11 heteroatoms. The van der Waals surface area contributed by atoms with Crippen LogP contribution in [0.4, 0.5) is 11.4 Å². The number of anilines is 2. The minimum absolute atomic E-state index is 0.0857. The van der Waals surface area contributed by atoms with Crippen LogP contribution in [-0.4, -0.2) is 38.8 Å². The number of nitrogens with zero attached hydrogens (tertiary/aromatic N) is 3. The van der Waals surface area contributed by atoms with E-state index in [2.05, 4.69) is 15.6 Å². The monoisotopic (exact) mass is 529 g/mol. The number of pyridine rings is 1. The summed E-state index contributed by atoms with van der Waals surface area (Å²) in [7, 11) is 0. The third-order valence-electron chi connectivity index (χ3n) is 6.24. The molecule has 0 radical (unpaired) electrons. The SMILES string of the molecule is O=C1NC(=S)N(c2ccccc2)C(=O)[C@@H]1C(c1ccncc1)[C@H]1C(=O)NC(=S)N(c2ccccc2)C1=O. The first-order valence-corrected chi connectivity index (χ1v) is 12.1. The Morgan fingerprint density at radius 1 is 0.649 bits per heavy atom. The van der Waals surface area contributed by atoms with Gasteiger partial charge in [-0.05, 0) is 66.4 Å². The van der Waals surface area contributed by atoms with Gasteiger partial charge in [-0.2, -0.15) is 0 Å². The standard InChI is InChI=1S/C26H19N5O4S2/c32-21-19(23(34)30(25(36)28-21)16-7-3-1-4-8-16)18(15-11-13-27-14-12-15)20-22(33)29-26(37)31(24(20)35)17-9-5-2-6-10-17/h1-14,18-20H,(H,28,32,36)(H,29,33,37)/t18?,19-,20+. The van der Waals surface area contributed by atoms with Crippen LogP contribution in [0.3, 0.4) is 0 Å². The van der Waals surface area contributed by atoms with E-state index in [1.54, 1.807) is 72.8 Å². The van der Waals surface area contributed by atoms with E-state index in [4.69, 9.17) is 24.4 Å². The maximum atomic E-state index is 13.9. The Kier molecular flexibility index (Phi) is 6.55. The van der Waals surface area contributed by atoms with E-state index >= 15 is 0 Å². The Morgan fingerprint density at radius 3 is 1.46 bits per heavy atom. The van der Waals surface area contributed by atoms with E-state index in [9.17, 15) is 19.2 Å². The van der Waals surface area contributed by atoms with Crippen LogP contribution in [0.1, 0.15) is 11.5 Å². The summed E-state index contributed by atoms with van der Waals surface area (Å²) in [6.07, 6.45) is 2.94. The van der Waals surface area contributed by atoms with Crippen molar-refractivity contribution in [1.29, 1.82) is 0 Å². The predicted octanol–water partition coefficient (Wildman–Crippen LogP) is 2.29. The summed E-state index contributed by atoms with van der Waals surface area (Å²) in [4.78, 5) is 60.9. The molecule has 0 spiro atoms. The highest BCUT2D eigenvalue weighted by Crippen LogP contribution is 2.39. The van der Waals surface area contributed by atoms with Crippen molar-refractivity contribution in [2.75, 3.05) is 9.80 Å². The topological polar surface area (TPSA) is 112 Å². The molecule has 9 nitrogen and oxygen atoms in total. The molecular weight excluding hydrogens is 510 g/mol. The quantitative estimate of drug-likeness (QED) is 0.385. The van der Waals surface area contributed by atoms with Crippen LogP contribution >= 0.6 is 24.4 Å². The zero-order chi connectivity index (χ0) is 26.1. The van der Waals surface area contributed by atoms with Gasteiger partial charge in [-0.15, -0.1) is 0 Å². The number of amides is 4. The molecule has 1 unspecified atom stereocenters. The number of para-hydroxylation sites is 2. The van der Waals surface area contributed by atoms with E-state index in [1.807, 2.05) is 0 Å². The molecule has 37 heavy (non-hydrogen) atoms. The molecule has 184 valence electrons. The van der Waals surface area contributed by atoms with Gasteiger partial charge < -0.3 is 10.6 Å². The van der Waals surface area contributed by atoms with Gasteiger partial charge >= 0.3 is 0 Å². The molecular formula is C26H19N5O4S2. The molecule has 0 aliphatic carbocycles. The van der Waals surface area contributed by atoms with Gasteiger partial charge in [0, 0.05) is 18.3 Å². The van der Waals surface area contributed by atoms with Crippen LogP contribution in [0.25, 0.3) is 0 Å². The number of hydrogen-bond acceptors (Lipinski definition) is 7. The highest BCUT2D eigenvalue weighted by atomic mass is 32.1. The van der Waals surface area contributed by atoms with Gasteiger partial charge in [0.25, 0.3) is 0 Å². The normalized spacial score (nSPS) is 21.0. The van der Waals surface area contributed by atoms with Crippen LogP contribution in [0, 0.1) is 11.8 Å². The zero-order valence-electron chi connectivity index (χ0n) is 19.1. The summed E-state index contributed by atoms with van der Waals surface area (Å²) in [6, 6.07) is 20.3. The van der Waals surface area contributed by atoms with Crippen molar-refractivity contribution in [1.82, 2.24) is 15.6 Å². The van der Waals surface area contributed by atoms with Crippen molar-refractivity contribution in [2.45, 2.75) is 5.92 Å². The second-order valence-corrected chi connectivity index (χ2v) is 9.14. The minimum Gasteiger partial charge on any atom is -0.302 e. The van der Waals surface area contributed by atoms with Crippen molar-refractivity contribution in [2.24, 2.45) is 11.8 Å². The van der Waals surface area contributed by atoms with Gasteiger partial charge in [-0.25, -0.2) is 0 Å². The van der Waals surface area contributed by atoms with E-state index in [1.165, 1.54) is 22.2 Å². The number of thiocarbonyl (C=S) groups is 2. The molecule has 3 aromatic rings. The molecule has 5 rings (SSSR count). The van der Waals surface area contributed by atoms with Gasteiger partial charge in [0.05, 0.1) is 11.4 Å². The molecule has 3 heterocycles. The lowest BCUT2D eigenvalue weighted by atomic mass is 9.73. The average molecular weight is 530 g/mol. The number of rotatable bonds is 5. The molecule has 2 aromatic carbocycles. The maximum Gasteiger partial charge on any atom is 0.246 e. The number of aromatic nitrogens is 1. The van der Waals surface area contributed by atoms with Crippen LogP contribution in [-0.2, 0) is 19.2 Å². The number of carbonyl (C=O) groups is 4. The van der Waals surface area contributed by atoms with Gasteiger partial charge in [-0.3, -0.25) is 34.0 Å². The fourth-order valence-corrected chi connectivity index (χ4v) is 5.21. The summed E-state index contributed by atoms with van der Waals surface area (Å²) >= 11 is 10.6. The van der Waals surface area contributed by atoms with Gasteiger partial charge in [0.15, 0.2) is 10.2 Å². The summed E-state index contributed by atoms with van der Waals surface area (Å²) in [5.74, 6) is -6.78. The highest BCUT2D eigenvalue weighted by molar-refractivity contribution is 7.80. The Morgan fingerprint density at radius 2 is 1.05 bits per heavy atom. The average Bonchev–Trinajstić information content (AvgIpc) is 2.89. The predicted molar refractivity (Wildman–Crippen MR) is 143 cm³/mol. The summed E-state index contributed by atoms with van der Waals surface area (Å²) in [5, 5.41) is 4.99. The Bertz CT molecular complexity index is 1330. The molecule has 2 fully saturated rings. The lowest BCUT2D eigenvalue weighted by Crippen LogP contribution is -2.64. The minimum atomic E-state index is -1.45. The lowest BCUT2D eigenvalue weighted by molar-refractivity contribution is -0.139. The van der Waals surface area contributed by atoms with Crippen molar-refractivity contribution in [3.8, 4) is 0 Å². The van der Waals surface area contributed by atoms with Gasteiger partial charge in [-0.1, -0.05) is 36.4 Å². The molecule has 0 bridgehead atoms. The molecule has 2 saturated heterocycles. The molecule has 2 aliphatic rings. The molecule has 0 saturated carbocycles. The number of nitrogens with one attached hydrogen (secondary N) is 2. The van der Waals surface area contributed by atoms with E-state index in [-0.39, 0.29) is 10.2 Å². The van der Waals surface area contributed by atoms with Crippen molar-refractivity contribution in [3.05, 3.63) is 90.8 Å². The smallest absolute Gasteiger partial charge is 0.246 e. The van der Waals surface area contributed by atoms with E-state index in [0.29, 0.717) is 16.9 Å². The van der Waals surface area contributed by atoms with Crippen molar-refractivity contribution in [3.63, 3.8) is 0 Å². The van der Waals surface area contributed by atoms with Gasteiger partial charge in [0.1, 0.15) is 11.8 Å². The highest BCUT2D eigenvalue weighted by Gasteiger charge is 2.53. The maximum absolute atomic E-state index is 13.9. The molecule has 2 aliphatic heterocycles. The first kappa shape index (κ1) is 24.3. The fraction of sp³-hybridized carbons (Fsp3) is 0.115. The second-order valence-electron chi connectivity index (χ2n) is 8.37. The molecule has 1 aromatic heterocycles. The van der Waals surface area contributed by atoms with Crippen LogP contribution in [0.15, 0.2) is 85.2 Å². The van der Waals surface area contributed by atoms with Gasteiger partial charge in [0.2, 0.25) is 23.6 Å². The fourth-order valence-electron chi connectivity index (χ4n) is 4.62. The van der Waals surface area contributed by atoms with Crippen LogP contribution in [0.2, 0.25) is 0 Å². The first-order valence-electron chi connectivity index (χ1n) is 11.3.